The monoisotopic (exact) mass is 267 g/mol. The molecule has 0 saturated carbocycles. The topological polar surface area (TPSA) is 139 Å². The van der Waals surface area contributed by atoms with Crippen LogP contribution in [0.2, 0.25) is 0 Å². The van der Waals surface area contributed by atoms with Gasteiger partial charge in [-0.2, -0.15) is 0 Å². The number of rotatable bonds is 5. The molecule has 0 aliphatic carbocycles. The highest BCUT2D eigenvalue weighted by Crippen LogP contribution is 2.22. The number of nitrogen functional groups attached to an aromatic ring is 1. The molecule has 1 aromatic carbocycles. The Morgan fingerprint density at radius 3 is 2.63 bits per heavy atom. The quantitative estimate of drug-likeness (QED) is 0.318. The second-order valence-electron chi connectivity index (χ2n) is 3.49. The summed E-state index contributed by atoms with van der Waals surface area (Å²) in [7, 11) is 1.41. The molecule has 0 fully saturated rings. The Labute approximate surface area is 108 Å². The maximum absolute atomic E-state index is 11.8. The number of hydrogen-bond donors (Lipinski definition) is 4. The zero-order chi connectivity index (χ0) is 14.4. The molecule has 1 aromatic rings. The molecule has 0 aliphatic heterocycles. The molecule has 19 heavy (non-hydrogen) atoms. The number of anilines is 1. The molecule has 102 valence electrons. The van der Waals surface area contributed by atoms with Gasteiger partial charge in [-0.1, -0.05) is 0 Å². The largest absolute Gasteiger partial charge is 0.358 e. The number of benzene rings is 1. The normalized spacial score (nSPS) is 9.58. The summed E-state index contributed by atoms with van der Waals surface area (Å²) in [5, 5.41) is 15.4. The van der Waals surface area contributed by atoms with Gasteiger partial charge in [-0.3, -0.25) is 25.5 Å². The molecule has 0 heterocycles. The van der Waals surface area contributed by atoms with Crippen molar-refractivity contribution < 1.29 is 14.5 Å². The van der Waals surface area contributed by atoms with E-state index in [4.69, 9.17) is 5.84 Å². The van der Waals surface area contributed by atoms with Crippen molar-refractivity contribution in [2.45, 2.75) is 0 Å². The van der Waals surface area contributed by atoms with Gasteiger partial charge in [-0.05, 0) is 12.1 Å². The summed E-state index contributed by atoms with van der Waals surface area (Å²) in [6, 6.07) is 3.76. The van der Waals surface area contributed by atoms with Gasteiger partial charge < -0.3 is 16.1 Å². The number of nitro benzene ring substituents is 1. The fourth-order valence-electron chi connectivity index (χ4n) is 1.31. The van der Waals surface area contributed by atoms with E-state index in [9.17, 15) is 19.7 Å². The van der Waals surface area contributed by atoms with Crippen LogP contribution in [0.1, 0.15) is 10.4 Å². The van der Waals surface area contributed by atoms with Gasteiger partial charge in [0.1, 0.15) is 5.56 Å². The summed E-state index contributed by atoms with van der Waals surface area (Å²) < 4.78 is 0. The van der Waals surface area contributed by atoms with Crippen LogP contribution in [0.4, 0.5) is 11.4 Å². The fraction of sp³-hybridized carbons (Fsp3) is 0.200. The van der Waals surface area contributed by atoms with Crippen LogP contribution in [-0.2, 0) is 4.79 Å². The molecular formula is C10H13N5O4. The summed E-state index contributed by atoms with van der Waals surface area (Å²) in [4.78, 5) is 32.9. The van der Waals surface area contributed by atoms with E-state index in [1.165, 1.54) is 19.2 Å². The molecule has 9 heteroatoms. The maximum atomic E-state index is 11.8. The van der Waals surface area contributed by atoms with Crippen LogP contribution in [0.3, 0.4) is 0 Å². The van der Waals surface area contributed by atoms with Crippen LogP contribution in [-0.4, -0.2) is 30.3 Å². The van der Waals surface area contributed by atoms with Gasteiger partial charge >= 0.3 is 0 Å². The Morgan fingerprint density at radius 2 is 2.11 bits per heavy atom. The molecule has 9 nitrogen and oxygen atoms in total. The summed E-state index contributed by atoms with van der Waals surface area (Å²) in [6.45, 7) is -0.271. The molecular weight excluding hydrogens is 254 g/mol. The zero-order valence-electron chi connectivity index (χ0n) is 10.1. The van der Waals surface area contributed by atoms with E-state index in [2.05, 4.69) is 16.1 Å². The number of nitro groups is 1. The first-order valence-electron chi connectivity index (χ1n) is 5.23. The zero-order valence-corrected chi connectivity index (χ0v) is 10.1. The molecule has 0 aromatic heterocycles. The highest BCUT2D eigenvalue weighted by atomic mass is 16.6. The Hall–Kier alpha value is -2.68. The highest BCUT2D eigenvalue weighted by molar-refractivity contribution is 6.00. The maximum Gasteiger partial charge on any atom is 0.282 e. The molecule has 0 bridgehead atoms. The van der Waals surface area contributed by atoms with E-state index < -0.39 is 16.7 Å². The standard InChI is InChI=1S/C10H13N5O4/c1-12-9(16)5-13-10(17)7-4-6(14-11)2-3-8(7)15(18)19/h2-4,14H,5,11H2,1H3,(H,12,16)(H,13,17). The number of hydrogen-bond acceptors (Lipinski definition) is 6. The summed E-state index contributed by atoms with van der Waals surface area (Å²) >= 11 is 0. The molecule has 0 spiro atoms. The number of likely N-dealkylation sites (N-methyl/N-ethyl adjacent to an activating group) is 1. The van der Waals surface area contributed by atoms with Crippen molar-refractivity contribution in [2.24, 2.45) is 5.84 Å². The van der Waals surface area contributed by atoms with Gasteiger partial charge in [-0.15, -0.1) is 0 Å². The number of nitrogens with two attached hydrogens (primary N) is 1. The van der Waals surface area contributed by atoms with E-state index in [-0.39, 0.29) is 17.8 Å². The number of carbonyl (C=O) groups excluding carboxylic acids is 2. The highest BCUT2D eigenvalue weighted by Gasteiger charge is 2.20. The lowest BCUT2D eigenvalue weighted by Gasteiger charge is -2.07. The lowest BCUT2D eigenvalue weighted by molar-refractivity contribution is -0.385. The Kier molecular flexibility index (Phi) is 4.77. The Balaban J connectivity index is 2.99. The third-order valence-corrected chi connectivity index (χ3v) is 2.29. The van der Waals surface area contributed by atoms with Crippen molar-refractivity contribution in [3.63, 3.8) is 0 Å². The second-order valence-corrected chi connectivity index (χ2v) is 3.49. The third-order valence-electron chi connectivity index (χ3n) is 2.29. The first-order valence-corrected chi connectivity index (χ1v) is 5.23. The minimum Gasteiger partial charge on any atom is -0.358 e. The summed E-state index contributed by atoms with van der Waals surface area (Å²) in [5.74, 6) is 4.03. The van der Waals surface area contributed by atoms with Gasteiger partial charge in [0.25, 0.3) is 11.6 Å². The summed E-state index contributed by atoms with van der Waals surface area (Å²) in [6.07, 6.45) is 0. The van der Waals surface area contributed by atoms with Crippen molar-refractivity contribution in [1.82, 2.24) is 10.6 Å². The van der Waals surface area contributed by atoms with Gasteiger partial charge in [0.15, 0.2) is 0 Å². The third kappa shape index (κ3) is 3.64. The van der Waals surface area contributed by atoms with Crippen LogP contribution < -0.4 is 21.9 Å². The number of carbonyl (C=O) groups is 2. The molecule has 0 atom stereocenters. The number of amides is 2. The minimum absolute atomic E-state index is 0.177. The van der Waals surface area contributed by atoms with Crippen LogP contribution in [0.15, 0.2) is 18.2 Å². The van der Waals surface area contributed by atoms with Crippen molar-refractivity contribution in [2.75, 3.05) is 19.0 Å². The molecule has 5 N–H and O–H groups in total. The van der Waals surface area contributed by atoms with E-state index >= 15 is 0 Å². The number of hydrazine groups is 1. The second kappa shape index (κ2) is 6.31. The van der Waals surface area contributed by atoms with Crippen molar-refractivity contribution in [3.05, 3.63) is 33.9 Å². The Morgan fingerprint density at radius 1 is 1.42 bits per heavy atom. The van der Waals surface area contributed by atoms with E-state index in [1.807, 2.05) is 0 Å². The first kappa shape index (κ1) is 14.4. The van der Waals surface area contributed by atoms with Crippen molar-refractivity contribution in [1.29, 1.82) is 0 Å². The Bertz CT molecular complexity index is 517. The number of nitrogens with zero attached hydrogens (tertiary/aromatic N) is 1. The van der Waals surface area contributed by atoms with Crippen molar-refractivity contribution in [3.8, 4) is 0 Å². The predicted octanol–water partition coefficient (Wildman–Crippen LogP) is -0.644. The van der Waals surface area contributed by atoms with E-state index in [0.717, 1.165) is 6.07 Å². The molecule has 0 radical (unpaired) electrons. The van der Waals surface area contributed by atoms with E-state index in [1.54, 1.807) is 0 Å². The van der Waals surface area contributed by atoms with Gasteiger partial charge in [0.05, 0.1) is 11.5 Å². The summed E-state index contributed by atoms with van der Waals surface area (Å²) in [5.41, 5.74) is 2.08. The number of nitrogens with one attached hydrogen (secondary N) is 3. The average molecular weight is 267 g/mol. The molecule has 2 amide bonds. The SMILES string of the molecule is CNC(=O)CNC(=O)c1cc(NN)ccc1[N+](=O)[O-]. The van der Waals surface area contributed by atoms with Crippen LogP contribution in [0.5, 0.6) is 0 Å². The van der Waals surface area contributed by atoms with Crippen LogP contribution >= 0.6 is 0 Å². The van der Waals surface area contributed by atoms with E-state index in [0.29, 0.717) is 5.69 Å². The molecule has 0 unspecified atom stereocenters. The first-order chi connectivity index (χ1) is 8.99. The smallest absolute Gasteiger partial charge is 0.282 e. The lowest BCUT2D eigenvalue weighted by atomic mass is 10.1. The molecule has 0 aliphatic rings. The molecule has 1 rings (SSSR count). The van der Waals surface area contributed by atoms with Gasteiger partial charge in [-0.25, -0.2) is 0 Å². The minimum atomic E-state index is -0.729. The van der Waals surface area contributed by atoms with Crippen LogP contribution in [0, 0.1) is 10.1 Å². The van der Waals surface area contributed by atoms with Crippen molar-refractivity contribution >= 4 is 23.2 Å². The van der Waals surface area contributed by atoms with Crippen LogP contribution in [0.25, 0.3) is 0 Å². The molecule has 0 saturated heterocycles. The average Bonchev–Trinajstić information content (AvgIpc) is 2.43. The predicted molar refractivity (Wildman–Crippen MR) is 67.3 cm³/mol. The fourth-order valence-corrected chi connectivity index (χ4v) is 1.31. The van der Waals surface area contributed by atoms with Gasteiger partial charge in [0, 0.05) is 18.8 Å². The lowest BCUT2D eigenvalue weighted by Crippen LogP contribution is -2.35. The van der Waals surface area contributed by atoms with Gasteiger partial charge in [0.2, 0.25) is 5.91 Å².